The summed E-state index contributed by atoms with van der Waals surface area (Å²) >= 11 is 4.07. The summed E-state index contributed by atoms with van der Waals surface area (Å²) in [5.41, 5.74) is 2.24. The number of para-hydroxylation sites is 1. The molecule has 0 saturated carbocycles. The maximum Gasteiger partial charge on any atom is 0.153 e. The third-order valence-electron chi connectivity index (χ3n) is 3.17. The summed E-state index contributed by atoms with van der Waals surface area (Å²) in [5, 5.41) is 1.17. The number of benzene rings is 1. The number of H-pyrrole nitrogens is 1. The molecule has 0 fully saturated rings. The van der Waals surface area contributed by atoms with Crippen molar-refractivity contribution in [1.29, 1.82) is 0 Å². The van der Waals surface area contributed by atoms with E-state index < -0.39 is 0 Å². The summed E-state index contributed by atoms with van der Waals surface area (Å²) in [6.07, 6.45) is 2.63. The summed E-state index contributed by atoms with van der Waals surface area (Å²) in [6.45, 7) is 3.82. The Morgan fingerprint density at radius 3 is 2.78 bits per heavy atom. The lowest BCUT2D eigenvalue weighted by Crippen LogP contribution is -2.36. The summed E-state index contributed by atoms with van der Waals surface area (Å²) in [7, 11) is 0. The fraction of sp³-hybridized carbons (Fsp3) is 0.357. The van der Waals surface area contributed by atoms with Crippen molar-refractivity contribution in [3.05, 3.63) is 36.0 Å². The molecular weight excluding hydrogens is 244 g/mol. The van der Waals surface area contributed by atoms with Gasteiger partial charge in [-0.3, -0.25) is 9.52 Å². The fourth-order valence-electron chi connectivity index (χ4n) is 2.13. The molecular formula is C14H18N2OS. The van der Waals surface area contributed by atoms with Gasteiger partial charge in [-0.05, 0) is 18.1 Å². The molecule has 0 aliphatic carbocycles. The number of nitrogens with one attached hydrogen (secondary N) is 2. The molecule has 4 heteroatoms. The molecule has 1 atom stereocenters. The van der Waals surface area contributed by atoms with Crippen molar-refractivity contribution in [1.82, 2.24) is 9.71 Å². The SMILES string of the molecule is CC(C)C(=O)[C@H](Cc1c[nH]c2ccccc12)NS. The van der Waals surface area contributed by atoms with E-state index in [4.69, 9.17) is 0 Å². The lowest BCUT2D eigenvalue weighted by atomic mass is 9.96. The first kappa shape index (κ1) is 13.2. The molecule has 0 amide bonds. The van der Waals surface area contributed by atoms with Gasteiger partial charge in [0.05, 0.1) is 6.04 Å². The molecule has 1 aromatic carbocycles. The van der Waals surface area contributed by atoms with Crippen LogP contribution in [0.15, 0.2) is 30.5 Å². The van der Waals surface area contributed by atoms with Crippen molar-refractivity contribution >= 4 is 29.5 Å². The molecule has 0 saturated heterocycles. The maximum atomic E-state index is 12.0. The van der Waals surface area contributed by atoms with Crippen LogP contribution in [-0.2, 0) is 11.2 Å². The van der Waals surface area contributed by atoms with Gasteiger partial charge in [-0.25, -0.2) is 0 Å². The highest BCUT2D eigenvalue weighted by Gasteiger charge is 2.21. The molecule has 0 bridgehead atoms. The highest BCUT2D eigenvalue weighted by atomic mass is 32.1. The van der Waals surface area contributed by atoms with Crippen LogP contribution in [0.25, 0.3) is 10.9 Å². The van der Waals surface area contributed by atoms with Gasteiger partial charge in [-0.2, -0.15) is 0 Å². The fourth-order valence-corrected chi connectivity index (χ4v) is 2.35. The topological polar surface area (TPSA) is 44.9 Å². The first-order valence-electron chi connectivity index (χ1n) is 6.11. The number of Topliss-reactive ketones (excluding diaryl/α,β-unsaturated/α-hetero) is 1. The number of carbonyl (C=O) groups excluding carboxylic acids is 1. The van der Waals surface area contributed by atoms with Crippen molar-refractivity contribution in [3.63, 3.8) is 0 Å². The zero-order valence-electron chi connectivity index (χ0n) is 10.6. The number of fused-ring (bicyclic) bond motifs is 1. The first-order valence-corrected chi connectivity index (χ1v) is 6.56. The standard InChI is InChI=1S/C14H18N2OS/c1-9(2)14(17)13(16-18)7-10-8-15-12-6-4-3-5-11(10)12/h3-6,8-9,13,15-16,18H,7H2,1-2H3/t13-/m0/s1. The van der Waals surface area contributed by atoms with E-state index in [1.807, 2.05) is 38.2 Å². The number of hydrogen-bond acceptors (Lipinski definition) is 3. The van der Waals surface area contributed by atoms with Gasteiger partial charge in [-0.1, -0.05) is 44.9 Å². The zero-order chi connectivity index (χ0) is 13.1. The van der Waals surface area contributed by atoms with E-state index in [-0.39, 0.29) is 17.7 Å². The van der Waals surface area contributed by atoms with Crippen LogP contribution in [-0.4, -0.2) is 16.8 Å². The number of aromatic amines is 1. The molecule has 0 unspecified atom stereocenters. The summed E-state index contributed by atoms with van der Waals surface area (Å²) in [5.74, 6) is 0.204. The predicted octanol–water partition coefficient (Wildman–Crippen LogP) is 2.74. The van der Waals surface area contributed by atoms with E-state index >= 15 is 0 Å². The van der Waals surface area contributed by atoms with Crippen LogP contribution >= 0.6 is 12.8 Å². The van der Waals surface area contributed by atoms with Crippen LogP contribution in [0.1, 0.15) is 19.4 Å². The lowest BCUT2D eigenvalue weighted by molar-refractivity contribution is -0.123. The second kappa shape index (κ2) is 5.59. The smallest absolute Gasteiger partial charge is 0.153 e. The van der Waals surface area contributed by atoms with Gasteiger partial charge in [0.1, 0.15) is 0 Å². The van der Waals surface area contributed by atoms with Gasteiger partial charge in [0.25, 0.3) is 0 Å². The Hall–Kier alpha value is -1.26. The molecule has 96 valence electrons. The Kier molecular flexibility index (Phi) is 4.09. The number of thiol groups is 1. The normalized spacial score (nSPS) is 13.1. The third-order valence-corrected chi connectivity index (χ3v) is 3.48. The minimum atomic E-state index is -0.243. The van der Waals surface area contributed by atoms with E-state index in [1.165, 1.54) is 5.39 Å². The van der Waals surface area contributed by atoms with Crippen LogP contribution < -0.4 is 4.72 Å². The van der Waals surface area contributed by atoms with Crippen molar-refractivity contribution in [2.45, 2.75) is 26.3 Å². The molecule has 0 aliphatic heterocycles. The Balaban J connectivity index is 2.24. The van der Waals surface area contributed by atoms with Crippen molar-refractivity contribution in [2.75, 3.05) is 0 Å². The van der Waals surface area contributed by atoms with Crippen LogP contribution in [0.2, 0.25) is 0 Å². The highest BCUT2D eigenvalue weighted by molar-refractivity contribution is 7.78. The Bertz CT molecular complexity index is 547. The Labute approximate surface area is 113 Å². The predicted molar refractivity (Wildman–Crippen MR) is 77.8 cm³/mol. The quantitative estimate of drug-likeness (QED) is 0.725. The van der Waals surface area contributed by atoms with Gasteiger partial charge >= 0.3 is 0 Å². The van der Waals surface area contributed by atoms with Gasteiger partial charge in [-0.15, -0.1) is 0 Å². The number of hydrogen-bond donors (Lipinski definition) is 3. The molecule has 2 rings (SSSR count). The first-order chi connectivity index (χ1) is 8.63. The minimum Gasteiger partial charge on any atom is -0.361 e. The third kappa shape index (κ3) is 2.60. The zero-order valence-corrected chi connectivity index (χ0v) is 11.5. The number of rotatable bonds is 5. The van der Waals surface area contributed by atoms with Gasteiger partial charge in [0.2, 0.25) is 0 Å². The monoisotopic (exact) mass is 262 g/mol. The van der Waals surface area contributed by atoms with Gasteiger partial charge < -0.3 is 4.98 Å². The van der Waals surface area contributed by atoms with E-state index in [1.54, 1.807) is 0 Å². The second-order valence-electron chi connectivity index (χ2n) is 4.80. The van der Waals surface area contributed by atoms with Crippen LogP contribution in [0.4, 0.5) is 0 Å². The molecule has 2 N–H and O–H groups in total. The maximum absolute atomic E-state index is 12.0. The molecule has 3 nitrogen and oxygen atoms in total. The van der Waals surface area contributed by atoms with Crippen LogP contribution in [0, 0.1) is 5.92 Å². The van der Waals surface area contributed by atoms with Crippen molar-refractivity contribution < 1.29 is 4.79 Å². The molecule has 2 aromatic rings. The number of carbonyl (C=O) groups is 1. The van der Waals surface area contributed by atoms with E-state index in [0.717, 1.165) is 11.1 Å². The van der Waals surface area contributed by atoms with E-state index in [0.29, 0.717) is 6.42 Å². The Morgan fingerprint density at radius 1 is 1.39 bits per heavy atom. The van der Waals surface area contributed by atoms with Crippen molar-refractivity contribution in [3.8, 4) is 0 Å². The molecule has 0 spiro atoms. The molecule has 18 heavy (non-hydrogen) atoms. The summed E-state index contributed by atoms with van der Waals surface area (Å²) < 4.78 is 2.82. The van der Waals surface area contributed by atoms with Crippen molar-refractivity contribution in [2.24, 2.45) is 5.92 Å². The summed E-state index contributed by atoms with van der Waals surface area (Å²) in [4.78, 5) is 15.2. The minimum absolute atomic E-state index is 0.0138. The van der Waals surface area contributed by atoms with Crippen LogP contribution in [0.5, 0.6) is 0 Å². The number of aromatic nitrogens is 1. The average molecular weight is 262 g/mol. The van der Waals surface area contributed by atoms with Gasteiger partial charge in [0.15, 0.2) is 5.78 Å². The largest absolute Gasteiger partial charge is 0.361 e. The summed E-state index contributed by atoms with van der Waals surface area (Å²) in [6, 6.07) is 7.86. The average Bonchev–Trinajstić information content (AvgIpc) is 2.78. The van der Waals surface area contributed by atoms with Crippen LogP contribution in [0.3, 0.4) is 0 Å². The van der Waals surface area contributed by atoms with E-state index in [2.05, 4.69) is 28.6 Å². The molecule has 0 radical (unpaired) electrons. The molecule has 1 aromatic heterocycles. The van der Waals surface area contributed by atoms with Gasteiger partial charge in [0, 0.05) is 23.0 Å². The molecule has 0 aliphatic rings. The lowest BCUT2D eigenvalue weighted by Gasteiger charge is -2.16. The molecule has 1 heterocycles. The Morgan fingerprint density at radius 2 is 2.11 bits per heavy atom. The highest BCUT2D eigenvalue weighted by Crippen LogP contribution is 2.20. The number of ketones is 1. The van der Waals surface area contributed by atoms with E-state index in [9.17, 15) is 4.79 Å². The second-order valence-corrected chi connectivity index (χ2v) is 5.06.